The van der Waals surface area contributed by atoms with Crippen molar-refractivity contribution in [2.24, 2.45) is 5.92 Å². The van der Waals surface area contributed by atoms with Crippen molar-refractivity contribution in [3.8, 4) is 5.75 Å². The van der Waals surface area contributed by atoms with Crippen molar-refractivity contribution in [3.05, 3.63) is 29.6 Å². The highest BCUT2D eigenvalue weighted by molar-refractivity contribution is 7.81. The van der Waals surface area contributed by atoms with E-state index in [0.717, 1.165) is 6.07 Å². The van der Waals surface area contributed by atoms with Crippen LogP contribution in [-0.4, -0.2) is 28.5 Å². The average molecular weight is 288 g/mol. The molecule has 106 valence electrons. The first-order chi connectivity index (χ1) is 8.95. The minimum absolute atomic E-state index is 0.0140. The summed E-state index contributed by atoms with van der Waals surface area (Å²) >= 11 is 3.77. The van der Waals surface area contributed by atoms with Gasteiger partial charge in [-0.05, 0) is 30.0 Å². The second kappa shape index (κ2) is 7.35. The number of phenols is 1. The molecule has 4 nitrogen and oxygen atoms in total. The number of aliphatic hydroxyl groups excluding tert-OH is 1. The molecule has 0 heterocycles. The Balaban J connectivity index is 2.53. The maximum atomic E-state index is 13.2. The lowest BCUT2D eigenvalue weighted by Gasteiger charge is -2.19. The maximum Gasteiger partial charge on any atom is 0.315 e. The lowest BCUT2D eigenvalue weighted by atomic mass is 9.95. The SMILES string of the molecule is C[C@H](CCOC(=O)CS)[C@H](O)c1ccc(O)c(F)c1. The van der Waals surface area contributed by atoms with Crippen LogP contribution in [0.2, 0.25) is 0 Å². The van der Waals surface area contributed by atoms with Gasteiger partial charge in [-0.25, -0.2) is 4.39 Å². The Kier molecular flexibility index (Phi) is 6.11. The molecule has 0 aromatic heterocycles. The van der Waals surface area contributed by atoms with Gasteiger partial charge in [-0.1, -0.05) is 13.0 Å². The zero-order valence-corrected chi connectivity index (χ0v) is 11.4. The van der Waals surface area contributed by atoms with Gasteiger partial charge in [0, 0.05) is 0 Å². The summed E-state index contributed by atoms with van der Waals surface area (Å²) < 4.78 is 18.0. The number of ether oxygens (including phenoxy) is 1. The van der Waals surface area contributed by atoms with E-state index < -0.39 is 23.6 Å². The van der Waals surface area contributed by atoms with Crippen LogP contribution >= 0.6 is 12.6 Å². The van der Waals surface area contributed by atoms with Crippen molar-refractivity contribution in [3.63, 3.8) is 0 Å². The van der Waals surface area contributed by atoms with Crippen LogP contribution in [0.15, 0.2) is 18.2 Å². The summed E-state index contributed by atoms with van der Waals surface area (Å²) in [7, 11) is 0. The summed E-state index contributed by atoms with van der Waals surface area (Å²) in [5.74, 6) is -1.84. The van der Waals surface area contributed by atoms with E-state index in [2.05, 4.69) is 12.6 Å². The number of carbonyl (C=O) groups excluding carboxylic acids is 1. The van der Waals surface area contributed by atoms with Gasteiger partial charge in [0.05, 0.1) is 18.5 Å². The number of carbonyl (C=O) groups is 1. The van der Waals surface area contributed by atoms with E-state index in [9.17, 15) is 14.3 Å². The zero-order chi connectivity index (χ0) is 14.4. The van der Waals surface area contributed by atoms with Crippen molar-refractivity contribution in [1.82, 2.24) is 0 Å². The summed E-state index contributed by atoms with van der Waals surface area (Å²) in [6.07, 6.45) is -0.437. The topological polar surface area (TPSA) is 66.8 Å². The Labute approximate surface area is 116 Å². The number of hydrogen-bond donors (Lipinski definition) is 3. The monoisotopic (exact) mass is 288 g/mol. The van der Waals surface area contributed by atoms with E-state index >= 15 is 0 Å². The zero-order valence-electron chi connectivity index (χ0n) is 10.5. The Morgan fingerprint density at radius 1 is 1.53 bits per heavy atom. The van der Waals surface area contributed by atoms with E-state index in [1.165, 1.54) is 12.1 Å². The Morgan fingerprint density at radius 3 is 2.79 bits per heavy atom. The second-order valence-corrected chi connectivity index (χ2v) is 4.62. The largest absolute Gasteiger partial charge is 0.505 e. The molecule has 0 radical (unpaired) electrons. The second-order valence-electron chi connectivity index (χ2n) is 4.30. The predicted octanol–water partition coefficient (Wildman–Crippen LogP) is 2.06. The van der Waals surface area contributed by atoms with Crippen LogP contribution in [0.4, 0.5) is 4.39 Å². The molecule has 1 aromatic carbocycles. The van der Waals surface area contributed by atoms with Crippen LogP contribution in [0.25, 0.3) is 0 Å². The highest BCUT2D eigenvalue weighted by Crippen LogP contribution is 2.27. The molecule has 0 aliphatic carbocycles. The summed E-state index contributed by atoms with van der Waals surface area (Å²) in [4.78, 5) is 10.9. The van der Waals surface area contributed by atoms with E-state index in [1.54, 1.807) is 6.92 Å². The molecule has 1 rings (SSSR count). The molecule has 1 aromatic rings. The summed E-state index contributed by atoms with van der Waals surface area (Å²) in [5.41, 5.74) is 0.378. The van der Waals surface area contributed by atoms with Gasteiger partial charge < -0.3 is 14.9 Å². The van der Waals surface area contributed by atoms with E-state index in [0.29, 0.717) is 12.0 Å². The molecular weight excluding hydrogens is 271 g/mol. The molecule has 0 aliphatic rings. The number of aromatic hydroxyl groups is 1. The first kappa shape index (κ1) is 15.8. The van der Waals surface area contributed by atoms with Gasteiger partial charge in [-0.3, -0.25) is 4.79 Å². The number of rotatable bonds is 6. The quantitative estimate of drug-likeness (QED) is 0.554. The van der Waals surface area contributed by atoms with Crippen LogP contribution < -0.4 is 0 Å². The van der Waals surface area contributed by atoms with Gasteiger partial charge in [0.2, 0.25) is 0 Å². The van der Waals surface area contributed by atoms with Gasteiger partial charge in [-0.15, -0.1) is 0 Å². The molecule has 0 saturated heterocycles. The fourth-order valence-electron chi connectivity index (χ4n) is 1.60. The summed E-state index contributed by atoms with van der Waals surface area (Å²) in [5, 5.41) is 19.1. The van der Waals surface area contributed by atoms with Crippen molar-refractivity contribution >= 4 is 18.6 Å². The van der Waals surface area contributed by atoms with Crippen molar-refractivity contribution in [2.75, 3.05) is 12.4 Å². The van der Waals surface area contributed by atoms with Gasteiger partial charge in [0.15, 0.2) is 11.6 Å². The number of halogens is 1. The summed E-state index contributed by atoms with van der Waals surface area (Å²) in [6, 6.07) is 3.75. The van der Waals surface area contributed by atoms with Crippen molar-refractivity contribution in [1.29, 1.82) is 0 Å². The van der Waals surface area contributed by atoms with Gasteiger partial charge in [-0.2, -0.15) is 12.6 Å². The predicted molar refractivity (Wildman–Crippen MR) is 71.6 cm³/mol. The number of phenolic OH excluding ortho intramolecular Hbond substituents is 1. The third-order valence-electron chi connectivity index (χ3n) is 2.82. The molecule has 0 unspecified atom stereocenters. The molecule has 0 spiro atoms. The van der Waals surface area contributed by atoms with Gasteiger partial charge >= 0.3 is 5.97 Å². The fraction of sp³-hybridized carbons (Fsp3) is 0.462. The smallest absolute Gasteiger partial charge is 0.315 e. The number of hydrogen-bond acceptors (Lipinski definition) is 5. The van der Waals surface area contributed by atoms with Crippen LogP contribution in [0, 0.1) is 11.7 Å². The van der Waals surface area contributed by atoms with Crippen LogP contribution in [0.1, 0.15) is 25.0 Å². The van der Waals surface area contributed by atoms with E-state index in [-0.39, 0.29) is 18.3 Å². The standard InChI is InChI=1S/C13H17FO4S/c1-8(4-5-18-12(16)7-19)13(17)9-2-3-11(15)10(14)6-9/h2-3,6,8,13,15,17,19H,4-5,7H2,1H3/t8-,13+/m1/s1. The van der Waals surface area contributed by atoms with Crippen molar-refractivity contribution < 1.29 is 24.1 Å². The molecule has 0 bridgehead atoms. The molecule has 6 heteroatoms. The molecule has 0 fully saturated rings. The molecule has 0 saturated carbocycles. The Bertz CT molecular complexity index is 439. The molecule has 19 heavy (non-hydrogen) atoms. The Morgan fingerprint density at radius 2 is 2.21 bits per heavy atom. The normalized spacial score (nSPS) is 13.9. The van der Waals surface area contributed by atoms with E-state index in [1.807, 2.05) is 0 Å². The van der Waals surface area contributed by atoms with Crippen LogP contribution in [0.3, 0.4) is 0 Å². The molecule has 2 N–H and O–H groups in total. The van der Waals surface area contributed by atoms with Crippen LogP contribution in [0.5, 0.6) is 5.75 Å². The maximum absolute atomic E-state index is 13.2. The van der Waals surface area contributed by atoms with E-state index in [4.69, 9.17) is 9.84 Å². The lowest BCUT2D eigenvalue weighted by molar-refractivity contribution is -0.141. The Hall–Kier alpha value is -1.27. The van der Waals surface area contributed by atoms with Crippen LogP contribution in [-0.2, 0) is 9.53 Å². The molecular formula is C13H17FO4S. The highest BCUT2D eigenvalue weighted by atomic mass is 32.1. The minimum Gasteiger partial charge on any atom is -0.505 e. The first-order valence-electron chi connectivity index (χ1n) is 5.88. The van der Waals surface area contributed by atoms with Gasteiger partial charge in [0.1, 0.15) is 0 Å². The fourth-order valence-corrected chi connectivity index (χ4v) is 1.69. The number of aliphatic hydroxyl groups is 1. The average Bonchev–Trinajstić information content (AvgIpc) is 2.40. The highest BCUT2D eigenvalue weighted by Gasteiger charge is 2.18. The third kappa shape index (κ3) is 4.72. The number of thiol groups is 1. The van der Waals surface area contributed by atoms with Gasteiger partial charge in [0.25, 0.3) is 0 Å². The third-order valence-corrected chi connectivity index (χ3v) is 3.08. The molecule has 2 atom stereocenters. The summed E-state index contributed by atoms with van der Waals surface area (Å²) in [6.45, 7) is 1.95. The number of esters is 1. The number of benzene rings is 1. The molecule has 0 amide bonds. The van der Waals surface area contributed by atoms with Crippen molar-refractivity contribution in [2.45, 2.75) is 19.4 Å². The first-order valence-corrected chi connectivity index (χ1v) is 6.52. The lowest BCUT2D eigenvalue weighted by Crippen LogP contribution is -2.14. The molecule has 0 aliphatic heterocycles. The minimum atomic E-state index is -0.884.